The number of carbonyl (C=O) groups excluding carboxylic acids is 1. The van der Waals surface area contributed by atoms with E-state index in [1.54, 1.807) is 0 Å². The van der Waals surface area contributed by atoms with Gasteiger partial charge in [0.1, 0.15) is 0 Å². The number of hydrogen-bond acceptors (Lipinski definition) is 3. The fourth-order valence-electron chi connectivity index (χ4n) is 4.30. The summed E-state index contributed by atoms with van der Waals surface area (Å²) >= 11 is 6.11. The highest BCUT2D eigenvalue weighted by molar-refractivity contribution is 6.30. The first kappa shape index (κ1) is 19.3. The summed E-state index contributed by atoms with van der Waals surface area (Å²) < 4.78 is 0. The molecule has 2 aromatic carbocycles. The molecule has 148 valence electrons. The van der Waals surface area contributed by atoms with Gasteiger partial charge in [-0.05, 0) is 49.7 Å². The van der Waals surface area contributed by atoms with Crippen LogP contribution in [0, 0.1) is 5.92 Å². The smallest absolute Gasteiger partial charge is 0.225 e. The highest BCUT2D eigenvalue weighted by Crippen LogP contribution is 2.24. The second kappa shape index (κ2) is 8.97. The van der Waals surface area contributed by atoms with E-state index >= 15 is 0 Å². The van der Waals surface area contributed by atoms with Crippen molar-refractivity contribution in [3.8, 4) is 0 Å². The number of amides is 1. The Kier molecular flexibility index (Phi) is 6.18. The molecule has 0 N–H and O–H groups in total. The number of likely N-dealkylation sites (tertiary alicyclic amines) is 1. The number of anilines is 1. The molecule has 0 unspecified atom stereocenters. The van der Waals surface area contributed by atoms with Crippen LogP contribution in [0.5, 0.6) is 0 Å². The van der Waals surface area contributed by atoms with E-state index in [9.17, 15) is 4.79 Å². The number of nitrogens with zero attached hydrogens (tertiary/aromatic N) is 3. The molecule has 4 nitrogen and oxygen atoms in total. The number of hydrogen-bond donors (Lipinski definition) is 0. The highest BCUT2D eigenvalue weighted by atomic mass is 35.5. The second-order valence-corrected chi connectivity index (χ2v) is 8.26. The molecule has 0 radical (unpaired) electrons. The van der Waals surface area contributed by atoms with Crippen LogP contribution in [0.3, 0.4) is 0 Å². The van der Waals surface area contributed by atoms with Crippen molar-refractivity contribution in [3.63, 3.8) is 0 Å². The predicted molar refractivity (Wildman–Crippen MR) is 115 cm³/mol. The average molecular weight is 398 g/mol. The third kappa shape index (κ3) is 4.68. The summed E-state index contributed by atoms with van der Waals surface area (Å²) in [5, 5.41) is 0.762. The van der Waals surface area contributed by atoms with E-state index < -0.39 is 0 Å². The average Bonchev–Trinajstić information content (AvgIpc) is 2.75. The molecular formula is C23H28ClN3O. The Morgan fingerprint density at radius 1 is 0.893 bits per heavy atom. The summed E-state index contributed by atoms with van der Waals surface area (Å²) in [5.41, 5.74) is 2.50. The molecule has 5 heteroatoms. The molecule has 0 bridgehead atoms. The summed E-state index contributed by atoms with van der Waals surface area (Å²) in [5.74, 6) is 0.537. The van der Waals surface area contributed by atoms with E-state index in [0.29, 0.717) is 5.91 Å². The van der Waals surface area contributed by atoms with Crippen molar-refractivity contribution in [2.24, 2.45) is 5.92 Å². The number of piperidine rings is 1. The highest BCUT2D eigenvalue weighted by Gasteiger charge is 2.30. The Labute approximate surface area is 172 Å². The molecule has 2 fully saturated rings. The van der Waals surface area contributed by atoms with Gasteiger partial charge in [-0.2, -0.15) is 0 Å². The summed E-state index contributed by atoms with van der Waals surface area (Å²) in [6.45, 7) is 6.35. The molecule has 0 aliphatic carbocycles. The van der Waals surface area contributed by atoms with Gasteiger partial charge in [0.2, 0.25) is 5.91 Å². The van der Waals surface area contributed by atoms with Crippen LogP contribution in [-0.2, 0) is 11.3 Å². The third-order valence-corrected chi connectivity index (χ3v) is 6.19. The minimum Gasteiger partial charge on any atom is -0.368 e. The van der Waals surface area contributed by atoms with Gasteiger partial charge in [-0.1, -0.05) is 48.0 Å². The number of piperazine rings is 1. The monoisotopic (exact) mass is 397 g/mol. The van der Waals surface area contributed by atoms with Gasteiger partial charge < -0.3 is 9.80 Å². The Bertz CT molecular complexity index is 781. The molecule has 0 spiro atoms. The molecule has 2 aliphatic rings. The molecule has 2 aromatic rings. The van der Waals surface area contributed by atoms with E-state index in [4.69, 9.17) is 11.6 Å². The topological polar surface area (TPSA) is 26.8 Å². The van der Waals surface area contributed by atoms with Gasteiger partial charge in [0.15, 0.2) is 0 Å². The van der Waals surface area contributed by atoms with Crippen LogP contribution in [0.15, 0.2) is 54.6 Å². The second-order valence-electron chi connectivity index (χ2n) is 7.83. The number of halogens is 1. The molecule has 0 atom stereocenters. The van der Waals surface area contributed by atoms with Crippen molar-refractivity contribution in [1.82, 2.24) is 9.80 Å². The first-order chi connectivity index (χ1) is 13.7. The standard InChI is InChI=1S/C23H28ClN3O/c24-21-7-4-8-22(17-21)26-13-15-27(16-14-26)23(28)20-9-11-25(12-10-20)18-19-5-2-1-3-6-19/h1-8,17,20H,9-16,18H2. The van der Waals surface area contributed by atoms with Gasteiger partial charge in [0.05, 0.1) is 0 Å². The van der Waals surface area contributed by atoms with Crippen LogP contribution >= 0.6 is 11.6 Å². The molecule has 4 rings (SSSR count). The molecule has 0 aromatic heterocycles. The van der Waals surface area contributed by atoms with Gasteiger partial charge in [-0.25, -0.2) is 0 Å². The SMILES string of the molecule is O=C(C1CCN(Cc2ccccc2)CC1)N1CCN(c2cccc(Cl)c2)CC1. The largest absolute Gasteiger partial charge is 0.368 e. The van der Waals surface area contributed by atoms with Crippen molar-refractivity contribution in [3.05, 3.63) is 65.2 Å². The Morgan fingerprint density at radius 2 is 1.61 bits per heavy atom. The Balaban J connectivity index is 1.25. The fraction of sp³-hybridized carbons (Fsp3) is 0.435. The summed E-state index contributed by atoms with van der Waals surface area (Å²) in [7, 11) is 0. The summed E-state index contributed by atoms with van der Waals surface area (Å²) in [6.07, 6.45) is 1.94. The first-order valence-corrected chi connectivity index (χ1v) is 10.6. The molecule has 2 aliphatic heterocycles. The maximum atomic E-state index is 13.0. The van der Waals surface area contributed by atoms with Gasteiger partial charge in [-0.15, -0.1) is 0 Å². The van der Waals surface area contributed by atoms with Crippen molar-refractivity contribution < 1.29 is 4.79 Å². The lowest BCUT2D eigenvalue weighted by molar-refractivity contribution is -0.137. The van der Waals surface area contributed by atoms with Crippen LogP contribution in [0.4, 0.5) is 5.69 Å². The summed E-state index contributed by atoms with van der Waals surface area (Å²) in [6, 6.07) is 18.6. The lowest BCUT2D eigenvalue weighted by atomic mass is 9.94. The molecule has 28 heavy (non-hydrogen) atoms. The minimum absolute atomic E-state index is 0.185. The normalized spacial score (nSPS) is 19.0. The van der Waals surface area contributed by atoms with Crippen LogP contribution < -0.4 is 4.90 Å². The lowest BCUT2D eigenvalue weighted by Crippen LogP contribution is -2.51. The van der Waals surface area contributed by atoms with Crippen LogP contribution in [-0.4, -0.2) is 55.0 Å². The van der Waals surface area contributed by atoms with E-state index in [2.05, 4.69) is 51.1 Å². The van der Waals surface area contributed by atoms with Gasteiger partial charge in [0.25, 0.3) is 0 Å². The maximum absolute atomic E-state index is 13.0. The zero-order valence-electron chi connectivity index (χ0n) is 16.3. The molecular weight excluding hydrogens is 370 g/mol. The number of benzene rings is 2. The van der Waals surface area contributed by atoms with E-state index in [1.807, 2.05) is 18.2 Å². The number of rotatable bonds is 4. The minimum atomic E-state index is 0.185. The molecule has 1 amide bonds. The van der Waals surface area contributed by atoms with Gasteiger partial charge in [-0.3, -0.25) is 9.69 Å². The van der Waals surface area contributed by atoms with E-state index in [-0.39, 0.29) is 5.92 Å². The quantitative estimate of drug-likeness (QED) is 0.782. The van der Waals surface area contributed by atoms with Crippen LogP contribution in [0.2, 0.25) is 5.02 Å². The van der Waals surface area contributed by atoms with Crippen LogP contribution in [0.25, 0.3) is 0 Å². The molecule has 0 saturated carbocycles. The zero-order chi connectivity index (χ0) is 19.3. The first-order valence-electron chi connectivity index (χ1n) is 10.2. The number of carbonyl (C=O) groups is 1. The Hall–Kier alpha value is -2.04. The predicted octanol–water partition coefficient (Wildman–Crippen LogP) is 3.90. The lowest BCUT2D eigenvalue weighted by Gasteiger charge is -2.39. The van der Waals surface area contributed by atoms with Crippen molar-refractivity contribution in [2.75, 3.05) is 44.2 Å². The van der Waals surface area contributed by atoms with Crippen molar-refractivity contribution in [2.45, 2.75) is 19.4 Å². The van der Waals surface area contributed by atoms with E-state index in [0.717, 1.165) is 69.4 Å². The van der Waals surface area contributed by atoms with Crippen molar-refractivity contribution in [1.29, 1.82) is 0 Å². The van der Waals surface area contributed by atoms with Crippen LogP contribution in [0.1, 0.15) is 18.4 Å². The van der Waals surface area contributed by atoms with E-state index in [1.165, 1.54) is 5.56 Å². The van der Waals surface area contributed by atoms with Gasteiger partial charge in [0, 0.05) is 49.4 Å². The molecule has 2 heterocycles. The third-order valence-electron chi connectivity index (χ3n) is 5.95. The molecule has 2 saturated heterocycles. The zero-order valence-corrected chi connectivity index (χ0v) is 17.0. The fourth-order valence-corrected chi connectivity index (χ4v) is 4.48. The Morgan fingerprint density at radius 3 is 2.29 bits per heavy atom. The van der Waals surface area contributed by atoms with Gasteiger partial charge >= 0.3 is 0 Å². The maximum Gasteiger partial charge on any atom is 0.225 e. The van der Waals surface area contributed by atoms with Crippen molar-refractivity contribution >= 4 is 23.2 Å². The summed E-state index contributed by atoms with van der Waals surface area (Å²) in [4.78, 5) is 19.8.